The molecule has 0 aliphatic rings. The lowest BCUT2D eigenvalue weighted by Gasteiger charge is -2.23. The highest BCUT2D eigenvalue weighted by Gasteiger charge is 2.27. The van der Waals surface area contributed by atoms with Crippen molar-refractivity contribution in [2.24, 2.45) is 5.92 Å². The molecule has 1 amide bonds. The number of ether oxygens (including phenoxy) is 2. The first kappa shape index (κ1) is 25.4. The smallest absolute Gasteiger partial charge is 0.408 e. The Labute approximate surface area is 189 Å². The van der Waals surface area contributed by atoms with E-state index < -0.39 is 29.3 Å². The highest BCUT2D eigenvalue weighted by atomic mass is 16.6. The Bertz CT molecular complexity index is 1020. The number of alkyl carbamates (subject to hydrolysis) is 1. The number of benzene rings is 1. The molecule has 0 saturated carbocycles. The molecule has 1 aromatic heterocycles. The van der Waals surface area contributed by atoms with E-state index in [4.69, 9.17) is 13.9 Å². The molecule has 0 aliphatic carbocycles. The lowest BCUT2D eigenvalue weighted by molar-refractivity contribution is -0.137. The average Bonchev–Trinajstić information content (AvgIpc) is 2.62. The fraction of sp³-hybridized carbons (Fsp3) is 0.560. The van der Waals surface area contributed by atoms with Crippen LogP contribution >= 0.6 is 0 Å². The van der Waals surface area contributed by atoms with Crippen molar-refractivity contribution in [3.05, 3.63) is 39.7 Å². The van der Waals surface area contributed by atoms with Crippen LogP contribution in [0.25, 0.3) is 11.0 Å². The molecule has 2 aromatic rings. The third-order valence-electron chi connectivity index (χ3n) is 4.77. The second-order valence-corrected chi connectivity index (χ2v) is 9.57. The first-order valence-corrected chi connectivity index (χ1v) is 11.2. The van der Waals surface area contributed by atoms with Crippen molar-refractivity contribution in [2.45, 2.75) is 85.8 Å². The Morgan fingerprint density at radius 2 is 1.81 bits per heavy atom. The maximum absolute atomic E-state index is 13.1. The minimum Gasteiger partial charge on any atom is -0.444 e. The number of rotatable bonds is 8. The molecule has 1 N–H and O–H groups in total. The Hall–Kier alpha value is -2.83. The SMILES string of the molecule is CCCc1cc(=O)oc2cc(C)cc(OC(=O)C(CCC(C)C)NC(=O)OC(C)(C)C)c12. The lowest BCUT2D eigenvalue weighted by atomic mass is 10.0. The van der Waals surface area contributed by atoms with E-state index in [2.05, 4.69) is 5.32 Å². The molecule has 1 aromatic carbocycles. The quantitative estimate of drug-likeness (QED) is 0.337. The molecular weight excluding hydrogens is 410 g/mol. The zero-order valence-corrected chi connectivity index (χ0v) is 20.2. The number of nitrogens with one attached hydrogen (secondary N) is 1. The number of carbonyl (C=O) groups is 2. The van der Waals surface area contributed by atoms with Gasteiger partial charge in [0.15, 0.2) is 0 Å². The molecule has 7 heteroatoms. The van der Waals surface area contributed by atoms with Gasteiger partial charge in [-0.15, -0.1) is 0 Å². The van der Waals surface area contributed by atoms with Crippen LogP contribution in [0.5, 0.6) is 5.75 Å². The molecule has 0 radical (unpaired) electrons. The van der Waals surface area contributed by atoms with Gasteiger partial charge in [-0.1, -0.05) is 27.2 Å². The van der Waals surface area contributed by atoms with Crippen LogP contribution in [0.2, 0.25) is 0 Å². The maximum atomic E-state index is 13.1. The van der Waals surface area contributed by atoms with Crippen LogP contribution in [0.3, 0.4) is 0 Å². The van der Waals surface area contributed by atoms with Crippen molar-refractivity contribution < 1.29 is 23.5 Å². The number of aryl methyl sites for hydroxylation is 2. The topological polar surface area (TPSA) is 94.8 Å². The largest absolute Gasteiger partial charge is 0.444 e. The van der Waals surface area contributed by atoms with Gasteiger partial charge in [-0.3, -0.25) is 0 Å². The summed E-state index contributed by atoms with van der Waals surface area (Å²) >= 11 is 0. The van der Waals surface area contributed by atoms with Gasteiger partial charge in [-0.25, -0.2) is 14.4 Å². The summed E-state index contributed by atoms with van der Waals surface area (Å²) in [6.07, 6.45) is 1.92. The molecule has 176 valence electrons. The number of fused-ring (bicyclic) bond motifs is 1. The molecule has 1 atom stereocenters. The van der Waals surface area contributed by atoms with Gasteiger partial charge in [-0.2, -0.15) is 0 Å². The molecular formula is C25H35NO6. The van der Waals surface area contributed by atoms with E-state index in [9.17, 15) is 14.4 Å². The van der Waals surface area contributed by atoms with Crippen molar-refractivity contribution in [1.29, 1.82) is 0 Å². The fourth-order valence-electron chi connectivity index (χ4n) is 3.40. The van der Waals surface area contributed by atoms with Gasteiger partial charge < -0.3 is 19.2 Å². The van der Waals surface area contributed by atoms with Gasteiger partial charge in [0, 0.05) is 6.07 Å². The molecule has 32 heavy (non-hydrogen) atoms. The molecule has 0 bridgehead atoms. The fourth-order valence-corrected chi connectivity index (χ4v) is 3.40. The third-order valence-corrected chi connectivity index (χ3v) is 4.77. The summed E-state index contributed by atoms with van der Waals surface area (Å²) in [7, 11) is 0. The van der Waals surface area contributed by atoms with E-state index in [1.807, 2.05) is 27.7 Å². The second-order valence-electron chi connectivity index (χ2n) is 9.57. The monoisotopic (exact) mass is 445 g/mol. The third kappa shape index (κ3) is 7.39. The number of hydrogen-bond acceptors (Lipinski definition) is 6. The van der Waals surface area contributed by atoms with Crippen LogP contribution in [-0.2, 0) is 16.0 Å². The van der Waals surface area contributed by atoms with Crippen LogP contribution in [0.1, 0.15) is 71.9 Å². The average molecular weight is 446 g/mol. The molecule has 0 spiro atoms. The van der Waals surface area contributed by atoms with E-state index in [1.165, 1.54) is 6.07 Å². The van der Waals surface area contributed by atoms with Gasteiger partial charge in [0.1, 0.15) is 23.0 Å². The summed E-state index contributed by atoms with van der Waals surface area (Å²) < 4.78 is 16.5. The zero-order chi connectivity index (χ0) is 24.1. The maximum Gasteiger partial charge on any atom is 0.408 e. The number of esters is 1. The summed E-state index contributed by atoms with van der Waals surface area (Å²) in [6, 6.07) is 4.07. The minimum atomic E-state index is -0.867. The molecule has 7 nitrogen and oxygen atoms in total. The Balaban J connectivity index is 2.39. The summed E-state index contributed by atoms with van der Waals surface area (Å²) in [5.41, 5.74) is 0.805. The summed E-state index contributed by atoms with van der Waals surface area (Å²) in [5, 5.41) is 3.25. The molecule has 1 unspecified atom stereocenters. The lowest BCUT2D eigenvalue weighted by Crippen LogP contribution is -2.45. The van der Waals surface area contributed by atoms with Crippen LogP contribution < -0.4 is 15.7 Å². The van der Waals surface area contributed by atoms with E-state index >= 15 is 0 Å². The Morgan fingerprint density at radius 3 is 2.41 bits per heavy atom. The first-order chi connectivity index (χ1) is 14.9. The van der Waals surface area contributed by atoms with Gasteiger partial charge in [-0.05, 0) is 76.1 Å². The van der Waals surface area contributed by atoms with Gasteiger partial charge in [0.05, 0.1) is 5.39 Å². The highest BCUT2D eigenvalue weighted by Crippen LogP contribution is 2.31. The van der Waals surface area contributed by atoms with Crippen molar-refractivity contribution in [1.82, 2.24) is 5.32 Å². The summed E-state index contributed by atoms with van der Waals surface area (Å²) in [6.45, 7) is 13.2. The van der Waals surface area contributed by atoms with Gasteiger partial charge >= 0.3 is 17.7 Å². The van der Waals surface area contributed by atoms with Crippen molar-refractivity contribution >= 4 is 23.0 Å². The van der Waals surface area contributed by atoms with Crippen LogP contribution in [0.15, 0.2) is 27.4 Å². The first-order valence-electron chi connectivity index (χ1n) is 11.2. The molecule has 0 aliphatic heterocycles. The summed E-state index contributed by atoms with van der Waals surface area (Å²) in [4.78, 5) is 37.4. The number of carbonyl (C=O) groups excluding carboxylic acids is 2. The minimum absolute atomic E-state index is 0.317. The summed E-state index contributed by atoms with van der Waals surface area (Å²) in [5.74, 6) is 0.0748. The van der Waals surface area contributed by atoms with Crippen LogP contribution in [-0.4, -0.2) is 23.7 Å². The van der Waals surface area contributed by atoms with E-state index in [1.54, 1.807) is 32.9 Å². The van der Waals surface area contributed by atoms with Crippen molar-refractivity contribution in [3.63, 3.8) is 0 Å². The highest BCUT2D eigenvalue weighted by molar-refractivity contribution is 5.91. The van der Waals surface area contributed by atoms with Crippen LogP contribution in [0.4, 0.5) is 4.79 Å². The van der Waals surface area contributed by atoms with Crippen molar-refractivity contribution in [2.75, 3.05) is 0 Å². The predicted molar refractivity (Wildman–Crippen MR) is 124 cm³/mol. The number of amides is 1. The molecule has 2 rings (SSSR count). The van der Waals surface area contributed by atoms with E-state index in [0.29, 0.717) is 35.5 Å². The van der Waals surface area contributed by atoms with E-state index in [0.717, 1.165) is 24.0 Å². The van der Waals surface area contributed by atoms with Crippen molar-refractivity contribution in [3.8, 4) is 5.75 Å². The van der Waals surface area contributed by atoms with Gasteiger partial charge in [0.25, 0.3) is 0 Å². The standard InChI is InChI=1S/C25H35NO6/c1-8-9-17-14-21(27)30-19-12-16(4)13-20(22(17)19)31-23(28)18(11-10-15(2)3)26-24(29)32-25(5,6)7/h12-15,18H,8-11H2,1-7H3,(H,26,29). The second kappa shape index (κ2) is 10.7. The van der Waals surface area contributed by atoms with E-state index in [-0.39, 0.29) is 0 Å². The zero-order valence-electron chi connectivity index (χ0n) is 20.2. The Morgan fingerprint density at radius 1 is 1.12 bits per heavy atom. The normalized spacial score (nSPS) is 12.6. The predicted octanol–water partition coefficient (Wildman–Crippen LogP) is 5.29. The van der Waals surface area contributed by atoms with Gasteiger partial charge in [0.2, 0.25) is 0 Å². The van der Waals surface area contributed by atoms with Crippen LogP contribution in [0, 0.1) is 12.8 Å². The molecule has 0 saturated heterocycles. The number of hydrogen-bond donors (Lipinski definition) is 1. The Kier molecular flexibility index (Phi) is 8.47. The molecule has 1 heterocycles. The molecule has 0 fully saturated rings.